The predicted octanol–water partition coefficient (Wildman–Crippen LogP) is 5.78. The van der Waals surface area contributed by atoms with Crippen molar-refractivity contribution in [2.24, 2.45) is 23.3 Å². The molecule has 1 heterocycles. The number of amidine groups is 2. The molecule has 10 heteroatoms. The molecule has 8 nitrogen and oxygen atoms in total. The van der Waals surface area contributed by atoms with Gasteiger partial charge in [-0.05, 0) is 85.1 Å². The Morgan fingerprint density at radius 3 is 1.66 bits per heavy atom. The van der Waals surface area contributed by atoms with Crippen LogP contribution in [-0.4, -0.2) is 40.2 Å². The molecule has 0 aliphatic heterocycles. The lowest BCUT2D eigenvalue weighted by Gasteiger charge is -2.21. The second-order valence-electron chi connectivity index (χ2n) is 10.7. The first-order valence-corrected chi connectivity index (χ1v) is 13.9. The summed E-state index contributed by atoms with van der Waals surface area (Å²) in [7, 11) is 1.57. The van der Waals surface area contributed by atoms with Gasteiger partial charge in [-0.15, -0.1) is 10.2 Å². The maximum atomic E-state index is 15.5. The third kappa shape index (κ3) is 5.97. The van der Waals surface area contributed by atoms with Crippen LogP contribution in [0.25, 0.3) is 33.9 Å². The van der Waals surface area contributed by atoms with Crippen molar-refractivity contribution in [3.05, 3.63) is 71.3 Å². The van der Waals surface area contributed by atoms with E-state index in [2.05, 4.69) is 10.2 Å². The van der Waals surface area contributed by atoms with Crippen LogP contribution in [0.2, 0.25) is 0 Å². The molecule has 0 spiro atoms. The van der Waals surface area contributed by atoms with Crippen LogP contribution in [0.15, 0.2) is 48.6 Å². The Labute approximate surface area is 238 Å². The molecule has 2 aliphatic carbocycles. The molecule has 5 rings (SSSR count). The molecule has 0 bridgehead atoms. The van der Waals surface area contributed by atoms with Crippen LogP contribution in [-0.2, 0) is 11.3 Å². The van der Waals surface area contributed by atoms with Crippen LogP contribution in [0.1, 0.15) is 49.7 Å². The van der Waals surface area contributed by atoms with Gasteiger partial charge in [-0.2, -0.15) is 0 Å². The Bertz CT molecular complexity index is 1430. The van der Waals surface area contributed by atoms with E-state index in [1.54, 1.807) is 23.8 Å². The van der Waals surface area contributed by atoms with Crippen LogP contribution >= 0.6 is 0 Å². The van der Waals surface area contributed by atoms with Crippen molar-refractivity contribution in [1.29, 1.82) is 10.8 Å². The standard InChI is InChI=1S/C31H35F2N7O/c1-41-15-14-40-30(24-12-10-22(16-26(24)32)18-2-6-20(7-3-18)28(34)35)38-39-31(40)25-13-11-23(17-27(25)33)19-4-8-21(9-5-19)29(36)37/h2,4,10-13,16-17,20-21H,3,5-9,14-15H2,1H3,(H3,34,35)(H3,36,37). The van der Waals surface area contributed by atoms with E-state index >= 15 is 8.78 Å². The zero-order valence-electron chi connectivity index (χ0n) is 23.1. The summed E-state index contributed by atoms with van der Waals surface area (Å²) in [5.74, 6) is 0.147. The highest BCUT2D eigenvalue weighted by atomic mass is 19.1. The third-order valence-corrected chi connectivity index (χ3v) is 8.13. The van der Waals surface area contributed by atoms with Crippen LogP contribution in [0.4, 0.5) is 8.78 Å². The van der Waals surface area contributed by atoms with Crippen LogP contribution in [0.3, 0.4) is 0 Å². The van der Waals surface area contributed by atoms with Gasteiger partial charge in [0.1, 0.15) is 11.6 Å². The first-order valence-electron chi connectivity index (χ1n) is 13.9. The summed E-state index contributed by atoms with van der Waals surface area (Å²) in [5.41, 5.74) is 15.5. The highest BCUT2D eigenvalue weighted by molar-refractivity contribution is 5.82. The van der Waals surface area contributed by atoms with Crippen molar-refractivity contribution in [1.82, 2.24) is 14.8 Å². The number of nitrogens with zero attached hydrogens (tertiary/aromatic N) is 3. The van der Waals surface area contributed by atoms with Crippen molar-refractivity contribution in [2.45, 2.75) is 45.1 Å². The number of ether oxygens (including phenoxy) is 1. The van der Waals surface area contributed by atoms with Crippen molar-refractivity contribution in [2.75, 3.05) is 13.7 Å². The van der Waals surface area contributed by atoms with E-state index in [0.717, 1.165) is 48.0 Å². The van der Waals surface area contributed by atoms with Gasteiger partial charge >= 0.3 is 0 Å². The number of hydrogen-bond acceptors (Lipinski definition) is 5. The topological polar surface area (TPSA) is 140 Å². The molecule has 0 fully saturated rings. The minimum Gasteiger partial charge on any atom is -0.387 e. The molecular weight excluding hydrogens is 524 g/mol. The fourth-order valence-electron chi connectivity index (χ4n) is 5.65. The lowest BCUT2D eigenvalue weighted by molar-refractivity contribution is 0.188. The lowest BCUT2D eigenvalue weighted by Crippen LogP contribution is -2.23. The number of nitrogens with one attached hydrogen (secondary N) is 2. The Morgan fingerprint density at radius 1 is 0.854 bits per heavy atom. The second kappa shape index (κ2) is 12.1. The molecule has 6 N–H and O–H groups in total. The largest absolute Gasteiger partial charge is 0.387 e. The van der Waals surface area contributed by atoms with E-state index in [0.29, 0.717) is 37.6 Å². The molecule has 214 valence electrons. The number of allylic oxidation sites excluding steroid dienone is 4. The summed E-state index contributed by atoms with van der Waals surface area (Å²) in [6, 6.07) is 10.1. The van der Waals surface area contributed by atoms with E-state index in [9.17, 15) is 0 Å². The predicted molar refractivity (Wildman–Crippen MR) is 157 cm³/mol. The second-order valence-corrected chi connectivity index (χ2v) is 10.7. The number of nitrogens with two attached hydrogens (primary N) is 2. The molecule has 2 aliphatic rings. The van der Waals surface area contributed by atoms with Crippen molar-refractivity contribution in [3.63, 3.8) is 0 Å². The van der Waals surface area contributed by atoms with Crippen molar-refractivity contribution >= 4 is 22.8 Å². The average molecular weight is 560 g/mol. The average Bonchev–Trinajstić information content (AvgIpc) is 3.39. The molecule has 41 heavy (non-hydrogen) atoms. The monoisotopic (exact) mass is 559 g/mol. The number of aromatic nitrogens is 3. The van der Waals surface area contributed by atoms with E-state index < -0.39 is 11.6 Å². The highest BCUT2D eigenvalue weighted by Gasteiger charge is 2.23. The normalized spacial score (nSPS) is 19.0. The van der Waals surface area contributed by atoms with E-state index in [1.807, 2.05) is 24.3 Å². The summed E-state index contributed by atoms with van der Waals surface area (Å²) in [4.78, 5) is 0. The number of hydrogen-bond donors (Lipinski definition) is 4. The SMILES string of the molecule is COCCn1c(-c2ccc(C3=CCC(C(=N)N)CC3)cc2F)nnc1-c1ccc(C2=CCC(C(=N)N)CC2)cc1F. The molecule has 0 saturated heterocycles. The van der Waals surface area contributed by atoms with Crippen molar-refractivity contribution < 1.29 is 13.5 Å². The number of methoxy groups -OCH3 is 1. The molecule has 0 saturated carbocycles. The van der Waals surface area contributed by atoms with Gasteiger partial charge in [-0.25, -0.2) is 8.78 Å². The number of benzene rings is 2. The lowest BCUT2D eigenvalue weighted by atomic mass is 9.86. The zero-order chi connectivity index (χ0) is 29.1. The molecular formula is C31H35F2N7O. The minimum absolute atomic E-state index is 0.0357. The molecule has 1 aromatic heterocycles. The van der Waals surface area contributed by atoms with Crippen LogP contribution in [0, 0.1) is 34.3 Å². The van der Waals surface area contributed by atoms with Gasteiger partial charge in [0.2, 0.25) is 0 Å². The quantitative estimate of drug-likeness (QED) is 0.194. The molecule has 0 radical (unpaired) electrons. The molecule has 0 amide bonds. The first-order chi connectivity index (χ1) is 19.8. The van der Waals surface area contributed by atoms with Gasteiger partial charge in [-0.1, -0.05) is 24.3 Å². The van der Waals surface area contributed by atoms with Gasteiger partial charge in [0.25, 0.3) is 0 Å². The first kappa shape index (κ1) is 28.4. The van der Waals surface area contributed by atoms with Gasteiger partial charge in [0.05, 0.1) is 29.4 Å². The molecule has 2 aromatic carbocycles. The number of halogens is 2. The smallest absolute Gasteiger partial charge is 0.167 e. The summed E-state index contributed by atoms with van der Waals surface area (Å²) in [6.45, 7) is 0.623. The highest BCUT2D eigenvalue weighted by Crippen LogP contribution is 2.35. The zero-order valence-corrected chi connectivity index (χ0v) is 23.1. The fraction of sp³-hybridized carbons (Fsp3) is 0.355. The van der Waals surface area contributed by atoms with Gasteiger partial charge in [-0.3, -0.25) is 10.8 Å². The van der Waals surface area contributed by atoms with Gasteiger partial charge in [0, 0.05) is 25.5 Å². The van der Waals surface area contributed by atoms with Gasteiger partial charge in [0.15, 0.2) is 11.6 Å². The van der Waals surface area contributed by atoms with E-state index in [4.69, 9.17) is 27.0 Å². The summed E-state index contributed by atoms with van der Waals surface area (Å²) in [6.07, 6.45) is 8.37. The van der Waals surface area contributed by atoms with Crippen molar-refractivity contribution in [3.8, 4) is 22.8 Å². The maximum Gasteiger partial charge on any atom is 0.167 e. The number of rotatable bonds is 9. The third-order valence-electron chi connectivity index (χ3n) is 8.13. The van der Waals surface area contributed by atoms with Crippen LogP contribution < -0.4 is 11.5 Å². The molecule has 3 aromatic rings. The Hall–Kier alpha value is -4.18. The Balaban J connectivity index is 1.44. The molecule has 2 atom stereocenters. The molecule has 2 unspecified atom stereocenters. The van der Waals surface area contributed by atoms with E-state index in [-0.39, 0.29) is 34.6 Å². The summed E-state index contributed by atoms with van der Waals surface area (Å²) < 4.78 is 38.0. The Morgan fingerprint density at radius 2 is 1.32 bits per heavy atom. The summed E-state index contributed by atoms with van der Waals surface area (Å²) in [5, 5.41) is 23.9. The van der Waals surface area contributed by atoms with Crippen LogP contribution in [0.5, 0.6) is 0 Å². The fourth-order valence-corrected chi connectivity index (χ4v) is 5.65. The van der Waals surface area contributed by atoms with E-state index in [1.165, 1.54) is 12.1 Å². The van der Waals surface area contributed by atoms with Gasteiger partial charge < -0.3 is 20.8 Å². The summed E-state index contributed by atoms with van der Waals surface area (Å²) >= 11 is 0. The Kier molecular flexibility index (Phi) is 8.39. The maximum absolute atomic E-state index is 15.5. The minimum atomic E-state index is -0.446.